The van der Waals surface area contributed by atoms with E-state index in [9.17, 15) is 0 Å². The summed E-state index contributed by atoms with van der Waals surface area (Å²) in [5.74, 6) is 0. The molecule has 0 unspecified atom stereocenters. The third-order valence-electron chi connectivity index (χ3n) is 12.6. The Morgan fingerprint density at radius 2 is 0.833 bits per heavy atom. The molecule has 8 aromatic carbocycles. The van der Waals surface area contributed by atoms with Gasteiger partial charge in [0, 0.05) is 22.5 Å². The van der Waals surface area contributed by atoms with Crippen molar-refractivity contribution in [2.45, 2.75) is 31.6 Å². The number of rotatable bonds is 4. The van der Waals surface area contributed by atoms with Crippen molar-refractivity contribution in [3.8, 4) is 44.5 Å². The zero-order chi connectivity index (χ0) is 36.2. The minimum atomic E-state index is -0.394. The number of benzene rings is 8. The van der Waals surface area contributed by atoms with Crippen molar-refractivity contribution in [1.82, 2.24) is 0 Å². The lowest BCUT2D eigenvalue weighted by Crippen LogP contribution is -2.26. The lowest BCUT2D eigenvalue weighted by atomic mass is 9.70. The topological polar surface area (TPSA) is 3.24 Å². The van der Waals surface area contributed by atoms with Gasteiger partial charge in [-0.1, -0.05) is 166 Å². The summed E-state index contributed by atoms with van der Waals surface area (Å²) in [4.78, 5) is 2.46. The average molecular weight is 690 g/mol. The second kappa shape index (κ2) is 11.3. The van der Waals surface area contributed by atoms with Crippen LogP contribution in [0.4, 0.5) is 17.1 Å². The summed E-state index contributed by atoms with van der Waals surface area (Å²) in [7, 11) is 0. The molecule has 0 N–H and O–H groups in total. The summed E-state index contributed by atoms with van der Waals surface area (Å²) in [5.41, 5.74) is 23.0. The van der Waals surface area contributed by atoms with E-state index in [1.54, 1.807) is 0 Å². The highest BCUT2D eigenvalue weighted by Gasteiger charge is 2.51. The zero-order valence-electron chi connectivity index (χ0n) is 30.8. The Balaban J connectivity index is 1.10. The van der Waals surface area contributed by atoms with Gasteiger partial charge in [0.25, 0.3) is 0 Å². The van der Waals surface area contributed by atoms with Gasteiger partial charge in [-0.15, -0.1) is 0 Å². The fraction of sp³-hybridized carbons (Fsp3) is 0.0943. The quantitative estimate of drug-likeness (QED) is 0.178. The molecule has 0 amide bonds. The molecule has 0 heterocycles. The van der Waals surface area contributed by atoms with E-state index < -0.39 is 5.41 Å². The molecule has 0 aliphatic heterocycles. The Kier molecular flexibility index (Phi) is 6.50. The van der Waals surface area contributed by atoms with Gasteiger partial charge >= 0.3 is 0 Å². The Hall–Kier alpha value is -6.44. The smallest absolute Gasteiger partial charge is 0.0726 e. The van der Waals surface area contributed by atoms with Gasteiger partial charge in [0.15, 0.2) is 0 Å². The Morgan fingerprint density at radius 1 is 0.370 bits per heavy atom. The highest BCUT2D eigenvalue weighted by atomic mass is 15.1. The molecule has 1 heteroatoms. The largest absolute Gasteiger partial charge is 0.310 e. The zero-order valence-corrected chi connectivity index (χ0v) is 30.8. The van der Waals surface area contributed by atoms with Crippen LogP contribution in [0.1, 0.15) is 52.8 Å². The molecule has 8 aromatic rings. The minimum Gasteiger partial charge on any atom is -0.310 e. The normalized spacial score (nSPS) is 14.5. The molecule has 0 saturated carbocycles. The van der Waals surface area contributed by atoms with E-state index >= 15 is 0 Å². The Bertz CT molecular complexity index is 2750. The fourth-order valence-corrected chi connectivity index (χ4v) is 10.3. The van der Waals surface area contributed by atoms with Crippen LogP contribution in [-0.4, -0.2) is 0 Å². The third-order valence-corrected chi connectivity index (χ3v) is 12.6. The molecule has 0 bridgehead atoms. The summed E-state index contributed by atoms with van der Waals surface area (Å²) in [6.07, 6.45) is 0. The first-order chi connectivity index (χ1) is 26.5. The minimum absolute atomic E-state index is 0.0796. The van der Waals surface area contributed by atoms with Crippen LogP contribution in [0, 0.1) is 6.92 Å². The van der Waals surface area contributed by atoms with Gasteiger partial charge in [0.1, 0.15) is 0 Å². The first-order valence-corrected chi connectivity index (χ1v) is 19.1. The molecule has 0 radical (unpaired) electrons. The van der Waals surface area contributed by atoms with Gasteiger partial charge in [0.05, 0.1) is 5.41 Å². The highest BCUT2D eigenvalue weighted by molar-refractivity contribution is 5.96. The lowest BCUT2D eigenvalue weighted by molar-refractivity contribution is 0.662. The van der Waals surface area contributed by atoms with Gasteiger partial charge in [0.2, 0.25) is 0 Å². The summed E-state index contributed by atoms with van der Waals surface area (Å²) in [6, 6.07) is 68.1. The van der Waals surface area contributed by atoms with Crippen LogP contribution in [-0.2, 0) is 10.8 Å². The van der Waals surface area contributed by atoms with Crippen molar-refractivity contribution < 1.29 is 0 Å². The van der Waals surface area contributed by atoms with Crippen molar-refractivity contribution >= 4 is 17.1 Å². The van der Waals surface area contributed by atoms with Crippen LogP contribution < -0.4 is 4.90 Å². The molecule has 1 spiro atoms. The van der Waals surface area contributed by atoms with Gasteiger partial charge in [-0.3, -0.25) is 0 Å². The summed E-state index contributed by atoms with van der Waals surface area (Å²) < 4.78 is 0. The van der Waals surface area contributed by atoms with Gasteiger partial charge in [-0.25, -0.2) is 0 Å². The standard InChI is InChI=1S/C53H39N/c1-34-15-4-13-26-50(34)54(36-29-27-35(28-30-36)38-20-14-21-44-42-19-5-9-22-45(42)52(2,3)51(38)44)37-31-32-43-41-18-8-12-25-48(41)53(49(43)33-37)46-23-10-6-16-39(46)40-17-7-11-24-47(40)53/h4-33H,1-3H3. The van der Waals surface area contributed by atoms with Crippen molar-refractivity contribution in [1.29, 1.82) is 0 Å². The molecular formula is C53H39N. The van der Waals surface area contributed by atoms with Crippen LogP contribution >= 0.6 is 0 Å². The van der Waals surface area contributed by atoms with Crippen LogP contribution in [0.25, 0.3) is 44.5 Å². The van der Waals surface area contributed by atoms with Crippen molar-refractivity contribution in [2.75, 3.05) is 4.90 Å². The number of anilines is 3. The van der Waals surface area contributed by atoms with E-state index in [4.69, 9.17) is 0 Å². The Labute approximate surface area is 317 Å². The number of fused-ring (bicyclic) bond motifs is 13. The number of aryl methyl sites for hydroxylation is 1. The molecule has 0 fully saturated rings. The van der Waals surface area contributed by atoms with Crippen LogP contribution in [0.2, 0.25) is 0 Å². The number of nitrogens with zero attached hydrogens (tertiary/aromatic N) is 1. The average Bonchev–Trinajstić information content (AvgIpc) is 3.78. The molecule has 0 aromatic heterocycles. The number of hydrogen-bond acceptors (Lipinski definition) is 1. The summed E-state index contributed by atoms with van der Waals surface area (Å²) in [5, 5.41) is 0. The second-order valence-electron chi connectivity index (χ2n) is 15.7. The summed E-state index contributed by atoms with van der Waals surface area (Å²) >= 11 is 0. The third kappa shape index (κ3) is 4.04. The maximum absolute atomic E-state index is 2.48. The number of hydrogen-bond donors (Lipinski definition) is 0. The predicted molar refractivity (Wildman–Crippen MR) is 225 cm³/mol. The van der Waals surface area contributed by atoms with Crippen molar-refractivity contribution in [2.24, 2.45) is 0 Å². The monoisotopic (exact) mass is 689 g/mol. The second-order valence-corrected chi connectivity index (χ2v) is 15.7. The molecule has 3 aliphatic carbocycles. The first kappa shape index (κ1) is 31.1. The maximum atomic E-state index is 2.48. The molecule has 54 heavy (non-hydrogen) atoms. The van der Waals surface area contributed by atoms with Crippen molar-refractivity contribution in [3.05, 3.63) is 221 Å². The van der Waals surface area contributed by atoms with E-state index in [1.165, 1.54) is 89.1 Å². The van der Waals surface area contributed by atoms with E-state index in [0.717, 1.165) is 11.4 Å². The van der Waals surface area contributed by atoms with Crippen LogP contribution in [0.3, 0.4) is 0 Å². The maximum Gasteiger partial charge on any atom is 0.0726 e. The molecule has 256 valence electrons. The van der Waals surface area contributed by atoms with Crippen LogP contribution in [0.5, 0.6) is 0 Å². The molecule has 11 rings (SSSR count). The van der Waals surface area contributed by atoms with Gasteiger partial charge in [-0.2, -0.15) is 0 Å². The molecule has 3 aliphatic rings. The fourth-order valence-electron chi connectivity index (χ4n) is 10.3. The first-order valence-electron chi connectivity index (χ1n) is 19.1. The van der Waals surface area contributed by atoms with E-state index in [1.807, 2.05) is 0 Å². The lowest BCUT2D eigenvalue weighted by Gasteiger charge is -2.32. The number of para-hydroxylation sites is 1. The van der Waals surface area contributed by atoms with Crippen molar-refractivity contribution in [3.63, 3.8) is 0 Å². The highest BCUT2D eigenvalue weighted by Crippen LogP contribution is 2.63. The van der Waals surface area contributed by atoms with Gasteiger partial charge < -0.3 is 4.90 Å². The van der Waals surface area contributed by atoms with Gasteiger partial charge in [-0.05, 0) is 121 Å². The van der Waals surface area contributed by atoms with E-state index in [-0.39, 0.29) is 5.41 Å². The predicted octanol–water partition coefficient (Wildman–Crippen LogP) is 13.8. The SMILES string of the molecule is Cc1ccccc1N(c1ccc(-c2cccc3c2C(C)(C)c2ccccc2-3)cc1)c1ccc2c(c1)C1(c3ccccc3-c3ccccc31)c1ccccc1-2. The molecule has 0 atom stereocenters. The van der Waals surface area contributed by atoms with E-state index in [0.29, 0.717) is 0 Å². The molecule has 0 saturated heterocycles. The summed E-state index contributed by atoms with van der Waals surface area (Å²) in [6.45, 7) is 6.96. The molecular weight excluding hydrogens is 651 g/mol. The van der Waals surface area contributed by atoms with E-state index in [2.05, 4.69) is 208 Å². The Morgan fingerprint density at radius 3 is 1.44 bits per heavy atom. The van der Waals surface area contributed by atoms with Crippen LogP contribution in [0.15, 0.2) is 182 Å². The molecule has 1 nitrogen and oxygen atoms in total.